The van der Waals surface area contributed by atoms with Crippen LogP contribution in [0.15, 0.2) is 33.3 Å². The third-order valence-electron chi connectivity index (χ3n) is 2.72. The van der Waals surface area contributed by atoms with E-state index in [9.17, 15) is 4.79 Å². The molecule has 20 heavy (non-hydrogen) atoms. The van der Waals surface area contributed by atoms with Crippen LogP contribution < -0.4 is 5.73 Å². The molecule has 0 amide bonds. The summed E-state index contributed by atoms with van der Waals surface area (Å²) in [7, 11) is 1.27. The molecule has 0 aliphatic carbocycles. The molecule has 0 aliphatic heterocycles. The van der Waals surface area contributed by atoms with Gasteiger partial charge in [0, 0.05) is 20.8 Å². The van der Waals surface area contributed by atoms with Gasteiger partial charge >= 0.3 is 5.97 Å². The van der Waals surface area contributed by atoms with Crippen LogP contribution in [0.4, 0.5) is 5.69 Å². The Bertz CT molecular complexity index is 732. The topological polar surface area (TPSA) is 81.0 Å². The summed E-state index contributed by atoms with van der Waals surface area (Å²) in [5.41, 5.74) is 6.99. The van der Waals surface area contributed by atoms with Crippen molar-refractivity contribution in [3.8, 4) is 11.8 Å². The predicted molar refractivity (Wildman–Crippen MR) is 81.6 cm³/mol. The number of nitrogens with zero attached hydrogens (tertiary/aromatic N) is 2. The number of nitrogens with two attached hydrogens (primary N) is 1. The Hall–Kier alpha value is -1.78. The van der Waals surface area contributed by atoms with E-state index >= 15 is 0 Å². The van der Waals surface area contributed by atoms with Crippen molar-refractivity contribution in [2.75, 3.05) is 12.8 Å². The number of benzene rings is 1. The van der Waals surface area contributed by atoms with Gasteiger partial charge < -0.3 is 15.0 Å². The highest BCUT2D eigenvalue weighted by molar-refractivity contribution is 9.13. The quantitative estimate of drug-likeness (QED) is 0.787. The minimum Gasteiger partial charge on any atom is -0.464 e. The third kappa shape index (κ3) is 2.44. The third-order valence-corrected chi connectivity index (χ3v) is 4.60. The van der Waals surface area contributed by atoms with Gasteiger partial charge in [0.2, 0.25) is 0 Å². The first-order chi connectivity index (χ1) is 9.49. The van der Waals surface area contributed by atoms with Crippen molar-refractivity contribution >= 4 is 43.5 Å². The molecule has 1 heterocycles. The lowest BCUT2D eigenvalue weighted by Crippen LogP contribution is -2.11. The minimum absolute atomic E-state index is 0.110. The lowest BCUT2D eigenvalue weighted by atomic mass is 10.2. The summed E-state index contributed by atoms with van der Waals surface area (Å²) in [6.07, 6.45) is 1.51. The van der Waals surface area contributed by atoms with Gasteiger partial charge in [-0.2, -0.15) is 5.26 Å². The monoisotopic (exact) mass is 397 g/mol. The van der Waals surface area contributed by atoms with E-state index in [2.05, 4.69) is 31.9 Å². The lowest BCUT2D eigenvalue weighted by Gasteiger charge is -2.09. The summed E-state index contributed by atoms with van der Waals surface area (Å²) in [6, 6.07) is 7.37. The molecule has 0 spiro atoms. The average Bonchev–Trinajstić information content (AvgIpc) is 2.78. The summed E-state index contributed by atoms with van der Waals surface area (Å²) in [6.45, 7) is 0. The van der Waals surface area contributed by atoms with E-state index in [0.717, 1.165) is 8.95 Å². The van der Waals surface area contributed by atoms with Crippen LogP contribution in [0.1, 0.15) is 16.1 Å². The van der Waals surface area contributed by atoms with E-state index in [0.29, 0.717) is 5.69 Å². The number of hydrogen-bond acceptors (Lipinski definition) is 4. The Morgan fingerprint density at radius 3 is 2.65 bits per heavy atom. The molecule has 0 unspecified atom stereocenters. The highest BCUT2D eigenvalue weighted by Crippen LogP contribution is 2.29. The Labute approximate surface area is 132 Å². The second kappa shape index (κ2) is 5.69. The molecule has 5 nitrogen and oxygen atoms in total. The van der Waals surface area contributed by atoms with Crippen molar-refractivity contribution in [2.45, 2.75) is 0 Å². The van der Waals surface area contributed by atoms with Crippen LogP contribution in [0.3, 0.4) is 0 Å². The standard InChI is InChI=1S/C13H9Br2N3O2/c1-20-13(19)12-11(17)7(5-16)6-18(12)8-2-3-9(14)10(15)4-8/h2-4,6H,17H2,1H3. The van der Waals surface area contributed by atoms with Gasteiger partial charge in [0.15, 0.2) is 5.69 Å². The molecule has 1 aromatic heterocycles. The average molecular weight is 399 g/mol. The number of carbonyl (C=O) groups is 1. The van der Waals surface area contributed by atoms with Gasteiger partial charge in [-0.15, -0.1) is 0 Å². The highest BCUT2D eigenvalue weighted by atomic mass is 79.9. The normalized spacial score (nSPS) is 10.1. The van der Waals surface area contributed by atoms with Gasteiger partial charge in [-0.05, 0) is 50.1 Å². The van der Waals surface area contributed by atoms with Gasteiger partial charge in [0.05, 0.1) is 18.4 Å². The molecule has 0 aliphatic rings. The number of methoxy groups -OCH3 is 1. The van der Waals surface area contributed by atoms with Crippen LogP contribution in [0.5, 0.6) is 0 Å². The van der Waals surface area contributed by atoms with E-state index in [1.807, 2.05) is 12.1 Å². The smallest absolute Gasteiger partial charge is 0.357 e. The molecule has 2 N–H and O–H groups in total. The summed E-state index contributed by atoms with van der Waals surface area (Å²) >= 11 is 6.76. The maximum absolute atomic E-state index is 11.9. The molecule has 102 valence electrons. The number of nitrogen functional groups attached to an aromatic ring is 1. The van der Waals surface area contributed by atoms with Crippen molar-refractivity contribution in [2.24, 2.45) is 0 Å². The number of esters is 1. The number of rotatable bonds is 2. The molecule has 0 radical (unpaired) electrons. The zero-order valence-electron chi connectivity index (χ0n) is 10.4. The number of halogens is 2. The molecule has 0 atom stereocenters. The Morgan fingerprint density at radius 1 is 1.40 bits per heavy atom. The number of carbonyl (C=O) groups excluding carboxylic acids is 1. The molecular formula is C13H9Br2N3O2. The van der Waals surface area contributed by atoms with Crippen LogP contribution in [-0.4, -0.2) is 17.6 Å². The first-order valence-corrected chi connectivity index (χ1v) is 7.02. The summed E-state index contributed by atoms with van der Waals surface area (Å²) < 4.78 is 7.95. The Balaban J connectivity index is 2.70. The van der Waals surface area contributed by atoms with E-state index in [1.54, 1.807) is 12.1 Å². The molecule has 7 heteroatoms. The molecule has 2 rings (SSSR count). The van der Waals surface area contributed by atoms with Crippen LogP contribution >= 0.6 is 31.9 Å². The summed E-state index contributed by atoms with van der Waals surface area (Å²) in [5.74, 6) is -0.594. The maximum atomic E-state index is 11.9. The first-order valence-electron chi connectivity index (χ1n) is 5.44. The van der Waals surface area contributed by atoms with Crippen LogP contribution in [0, 0.1) is 11.3 Å². The van der Waals surface area contributed by atoms with Crippen LogP contribution in [0.25, 0.3) is 5.69 Å². The van der Waals surface area contributed by atoms with Crippen LogP contribution in [0.2, 0.25) is 0 Å². The van der Waals surface area contributed by atoms with Gasteiger partial charge in [0.25, 0.3) is 0 Å². The van der Waals surface area contributed by atoms with Crippen molar-refractivity contribution in [3.05, 3.63) is 44.6 Å². The van der Waals surface area contributed by atoms with E-state index < -0.39 is 5.97 Å². The predicted octanol–water partition coefficient (Wildman–Crippen LogP) is 3.24. The zero-order chi connectivity index (χ0) is 14.9. The number of nitriles is 1. The van der Waals surface area contributed by atoms with Crippen molar-refractivity contribution in [1.29, 1.82) is 5.26 Å². The van der Waals surface area contributed by atoms with Gasteiger partial charge in [-0.25, -0.2) is 4.79 Å². The summed E-state index contributed by atoms with van der Waals surface area (Å²) in [4.78, 5) is 11.9. The molecule has 2 aromatic rings. The first kappa shape index (κ1) is 14.6. The van der Waals surface area contributed by atoms with Crippen molar-refractivity contribution in [3.63, 3.8) is 0 Å². The zero-order valence-corrected chi connectivity index (χ0v) is 13.5. The number of ether oxygens (including phenoxy) is 1. The van der Waals surface area contributed by atoms with E-state index in [-0.39, 0.29) is 16.9 Å². The van der Waals surface area contributed by atoms with Crippen molar-refractivity contribution < 1.29 is 9.53 Å². The second-order valence-electron chi connectivity index (χ2n) is 3.88. The molecular weight excluding hydrogens is 390 g/mol. The second-order valence-corrected chi connectivity index (χ2v) is 5.59. The fraction of sp³-hybridized carbons (Fsp3) is 0.0769. The van der Waals surface area contributed by atoms with Gasteiger partial charge in [-0.1, -0.05) is 0 Å². The Kier molecular flexibility index (Phi) is 4.16. The maximum Gasteiger partial charge on any atom is 0.357 e. The van der Waals surface area contributed by atoms with Crippen molar-refractivity contribution in [1.82, 2.24) is 4.57 Å². The number of aromatic nitrogens is 1. The Morgan fingerprint density at radius 2 is 2.10 bits per heavy atom. The number of hydrogen-bond donors (Lipinski definition) is 1. The molecule has 0 saturated carbocycles. The largest absolute Gasteiger partial charge is 0.464 e. The lowest BCUT2D eigenvalue weighted by molar-refractivity contribution is 0.0593. The summed E-state index contributed by atoms with van der Waals surface area (Å²) in [5, 5.41) is 9.04. The molecule has 0 fully saturated rings. The SMILES string of the molecule is COC(=O)c1c(N)c(C#N)cn1-c1ccc(Br)c(Br)c1. The van der Waals surface area contributed by atoms with E-state index in [1.165, 1.54) is 17.9 Å². The van der Waals surface area contributed by atoms with Crippen LogP contribution in [-0.2, 0) is 4.74 Å². The van der Waals surface area contributed by atoms with Gasteiger partial charge in [-0.3, -0.25) is 0 Å². The van der Waals surface area contributed by atoms with Gasteiger partial charge in [0.1, 0.15) is 6.07 Å². The molecule has 0 bridgehead atoms. The fourth-order valence-corrected chi connectivity index (χ4v) is 2.37. The minimum atomic E-state index is -0.594. The fourth-order valence-electron chi connectivity index (χ4n) is 1.75. The van der Waals surface area contributed by atoms with E-state index in [4.69, 9.17) is 15.7 Å². The highest BCUT2D eigenvalue weighted by Gasteiger charge is 2.21. The molecule has 0 saturated heterocycles. The number of anilines is 1. The molecule has 1 aromatic carbocycles.